The van der Waals surface area contributed by atoms with Crippen LogP contribution in [0.2, 0.25) is 0 Å². The molecule has 1 atom stereocenters. The number of nitrogens with one attached hydrogen (secondary N) is 2. The van der Waals surface area contributed by atoms with Crippen LogP contribution in [0, 0.1) is 12.8 Å². The first kappa shape index (κ1) is 22.2. The predicted molar refractivity (Wildman–Crippen MR) is 107 cm³/mol. The zero-order valence-corrected chi connectivity index (χ0v) is 17.6. The molecule has 28 heavy (non-hydrogen) atoms. The van der Waals surface area contributed by atoms with Crippen molar-refractivity contribution in [3.8, 4) is 0 Å². The number of piperidine rings is 1. The number of carbonyl (C=O) groups excluding carboxylic acids is 2. The quantitative estimate of drug-likeness (QED) is 0.700. The molecule has 1 aliphatic heterocycles. The summed E-state index contributed by atoms with van der Waals surface area (Å²) in [6.07, 6.45) is 3.02. The van der Waals surface area contributed by atoms with Crippen LogP contribution in [0.15, 0.2) is 29.2 Å². The number of amides is 3. The summed E-state index contributed by atoms with van der Waals surface area (Å²) in [5.41, 5.74) is 5.81. The monoisotopic (exact) mass is 410 g/mol. The number of nitrogens with zero attached hydrogens (tertiary/aromatic N) is 2. The zero-order chi connectivity index (χ0) is 20.7. The number of hydrogen-bond acceptors (Lipinski definition) is 4. The van der Waals surface area contributed by atoms with Gasteiger partial charge in [0.1, 0.15) is 0 Å². The smallest absolute Gasteiger partial charge is 0.326 e. The average Bonchev–Trinajstić information content (AvgIpc) is 2.70. The van der Waals surface area contributed by atoms with Crippen molar-refractivity contribution in [3.63, 3.8) is 0 Å². The summed E-state index contributed by atoms with van der Waals surface area (Å²) < 4.78 is 27.0. The molecule has 156 valence electrons. The minimum absolute atomic E-state index is 0.101. The molecule has 0 aromatic heterocycles. The van der Waals surface area contributed by atoms with Crippen molar-refractivity contribution in [2.75, 3.05) is 26.7 Å². The summed E-state index contributed by atoms with van der Waals surface area (Å²) in [5.74, 6) is -0.878. The van der Waals surface area contributed by atoms with Crippen molar-refractivity contribution < 1.29 is 18.0 Å². The van der Waals surface area contributed by atoms with Gasteiger partial charge in [-0.25, -0.2) is 18.6 Å². The Morgan fingerprint density at radius 1 is 1.21 bits per heavy atom. The first-order chi connectivity index (χ1) is 13.3. The van der Waals surface area contributed by atoms with Crippen LogP contribution in [0.3, 0.4) is 0 Å². The lowest BCUT2D eigenvalue weighted by Crippen LogP contribution is -2.52. The molecule has 0 spiro atoms. The third-order valence-electron chi connectivity index (χ3n) is 4.90. The van der Waals surface area contributed by atoms with Crippen molar-refractivity contribution in [2.45, 2.75) is 44.4 Å². The molecule has 3 amide bonds. The molecule has 2 rings (SSSR count). The van der Waals surface area contributed by atoms with Crippen molar-refractivity contribution in [2.24, 2.45) is 5.92 Å². The Morgan fingerprint density at radius 2 is 1.89 bits per heavy atom. The van der Waals surface area contributed by atoms with Gasteiger partial charge in [0.05, 0.1) is 10.8 Å². The van der Waals surface area contributed by atoms with Crippen molar-refractivity contribution in [1.29, 1.82) is 0 Å². The third kappa shape index (κ3) is 5.68. The summed E-state index contributed by atoms with van der Waals surface area (Å²) >= 11 is 0. The average molecular weight is 411 g/mol. The van der Waals surface area contributed by atoms with E-state index in [2.05, 4.69) is 10.9 Å². The number of benzene rings is 1. The van der Waals surface area contributed by atoms with Gasteiger partial charge in [0.2, 0.25) is 15.9 Å². The maximum absolute atomic E-state index is 12.8. The van der Waals surface area contributed by atoms with E-state index in [0.29, 0.717) is 25.9 Å². The second kappa shape index (κ2) is 9.88. The summed E-state index contributed by atoms with van der Waals surface area (Å²) in [4.78, 5) is 26.1. The Bertz CT molecular complexity index is 780. The van der Waals surface area contributed by atoms with Gasteiger partial charge in [-0.2, -0.15) is 4.31 Å². The predicted octanol–water partition coefficient (Wildman–Crippen LogP) is 1.87. The van der Waals surface area contributed by atoms with Crippen molar-refractivity contribution in [3.05, 3.63) is 29.8 Å². The van der Waals surface area contributed by atoms with Crippen LogP contribution < -0.4 is 10.9 Å². The van der Waals surface area contributed by atoms with Gasteiger partial charge in [0.15, 0.2) is 0 Å². The number of rotatable bonds is 6. The van der Waals surface area contributed by atoms with Gasteiger partial charge < -0.3 is 4.90 Å². The number of hydrazine groups is 1. The first-order valence-electron chi connectivity index (χ1n) is 9.63. The number of urea groups is 1. The van der Waals surface area contributed by atoms with E-state index < -0.39 is 15.9 Å². The van der Waals surface area contributed by atoms with E-state index in [-0.39, 0.29) is 23.4 Å². The number of carbonyl (C=O) groups is 2. The van der Waals surface area contributed by atoms with Crippen LogP contribution in [0.1, 0.15) is 38.2 Å². The molecule has 2 N–H and O–H groups in total. The summed E-state index contributed by atoms with van der Waals surface area (Å²) in [6, 6.07) is 6.29. The lowest BCUT2D eigenvalue weighted by molar-refractivity contribution is -0.126. The van der Waals surface area contributed by atoms with E-state index in [9.17, 15) is 18.0 Å². The highest BCUT2D eigenvalue weighted by molar-refractivity contribution is 7.89. The fraction of sp³-hybridized carbons (Fsp3) is 0.579. The fourth-order valence-electron chi connectivity index (χ4n) is 3.04. The lowest BCUT2D eigenvalue weighted by Gasteiger charge is -2.31. The van der Waals surface area contributed by atoms with Crippen molar-refractivity contribution in [1.82, 2.24) is 20.1 Å². The molecule has 1 aromatic carbocycles. The van der Waals surface area contributed by atoms with E-state index in [4.69, 9.17) is 0 Å². The topological polar surface area (TPSA) is 98.8 Å². The molecule has 9 heteroatoms. The Hall–Kier alpha value is -2.13. The second-order valence-corrected chi connectivity index (χ2v) is 9.15. The van der Waals surface area contributed by atoms with Crippen LogP contribution in [-0.2, 0) is 14.8 Å². The van der Waals surface area contributed by atoms with E-state index in [1.807, 2.05) is 13.8 Å². The second-order valence-electron chi connectivity index (χ2n) is 7.21. The lowest BCUT2D eigenvalue weighted by atomic mass is 9.99. The van der Waals surface area contributed by atoms with Gasteiger partial charge in [0, 0.05) is 26.7 Å². The molecule has 0 bridgehead atoms. The summed E-state index contributed by atoms with van der Waals surface area (Å²) in [7, 11) is -1.98. The Labute approximate surface area is 167 Å². The van der Waals surface area contributed by atoms with Crippen LogP contribution in [0.4, 0.5) is 4.79 Å². The highest BCUT2D eigenvalue weighted by atomic mass is 32.2. The minimum Gasteiger partial charge on any atom is -0.326 e. The molecule has 1 heterocycles. The van der Waals surface area contributed by atoms with Gasteiger partial charge >= 0.3 is 6.03 Å². The maximum atomic E-state index is 12.8. The number of sulfonamides is 1. The zero-order valence-electron chi connectivity index (χ0n) is 16.8. The van der Waals surface area contributed by atoms with Crippen LogP contribution in [0.25, 0.3) is 0 Å². The van der Waals surface area contributed by atoms with Crippen LogP contribution >= 0.6 is 0 Å². The molecule has 1 aromatic rings. The number of hydrogen-bond donors (Lipinski definition) is 2. The molecule has 8 nitrogen and oxygen atoms in total. The minimum atomic E-state index is -3.64. The Kier molecular flexibility index (Phi) is 7.82. The molecule has 1 saturated heterocycles. The van der Waals surface area contributed by atoms with Gasteiger partial charge in [-0.15, -0.1) is 0 Å². The summed E-state index contributed by atoms with van der Waals surface area (Å²) in [5, 5.41) is 0. The maximum Gasteiger partial charge on any atom is 0.335 e. The SMILES string of the molecule is CCCCN(C)C(=O)NNC(=O)C1CCCN(S(=O)(=O)c2ccc(C)cc2)C1. The van der Waals surface area contributed by atoms with Gasteiger partial charge in [0.25, 0.3) is 0 Å². The molecule has 1 fully saturated rings. The molecule has 1 unspecified atom stereocenters. The van der Waals surface area contributed by atoms with E-state index in [1.54, 1.807) is 31.3 Å². The third-order valence-corrected chi connectivity index (χ3v) is 6.78. The Morgan fingerprint density at radius 3 is 2.54 bits per heavy atom. The molecular formula is C19H30N4O4S. The van der Waals surface area contributed by atoms with Gasteiger partial charge in [-0.05, 0) is 38.3 Å². The molecule has 1 aliphatic rings. The number of aryl methyl sites for hydroxylation is 1. The largest absolute Gasteiger partial charge is 0.335 e. The van der Waals surface area contributed by atoms with E-state index in [0.717, 1.165) is 18.4 Å². The van der Waals surface area contributed by atoms with Crippen LogP contribution in [0.5, 0.6) is 0 Å². The molecular weight excluding hydrogens is 380 g/mol. The number of unbranched alkanes of at least 4 members (excludes halogenated alkanes) is 1. The summed E-state index contributed by atoms with van der Waals surface area (Å²) in [6.45, 7) is 5.01. The van der Waals surface area contributed by atoms with E-state index >= 15 is 0 Å². The standard InChI is InChI=1S/C19H30N4O4S/c1-4-5-12-22(3)19(25)21-20-18(24)16-7-6-13-23(14-16)28(26,27)17-10-8-15(2)9-11-17/h8-11,16H,4-7,12-14H2,1-3H3,(H,20,24)(H,21,25). The van der Waals surface area contributed by atoms with Gasteiger partial charge in [-0.3, -0.25) is 10.2 Å². The fourth-order valence-corrected chi connectivity index (χ4v) is 4.57. The molecule has 0 saturated carbocycles. The first-order valence-corrected chi connectivity index (χ1v) is 11.1. The van der Waals surface area contributed by atoms with Crippen LogP contribution in [-0.4, -0.2) is 56.2 Å². The normalized spacial score (nSPS) is 17.8. The highest BCUT2D eigenvalue weighted by Gasteiger charge is 2.33. The highest BCUT2D eigenvalue weighted by Crippen LogP contribution is 2.24. The molecule has 0 radical (unpaired) electrons. The van der Waals surface area contributed by atoms with E-state index in [1.165, 1.54) is 9.21 Å². The van der Waals surface area contributed by atoms with Gasteiger partial charge in [-0.1, -0.05) is 31.0 Å². The Balaban J connectivity index is 1.94. The molecule has 0 aliphatic carbocycles. The van der Waals surface area contributed by atoms with Crippen molar-refractivity contribution >= 4 is 22.0 Å².